The molecule has 32 heavy (non-hydrogen) atoms. The van der Waals surface area contributed by atoms with Crippen molar-refractivity contribution in [1.29, 1.82) is 0 Å². The maximum Gasteiger partial charge on any atom is 0.325 e. The van der Waals surface area contributed by atoms with E-state index in [1.54, 1.807) is 6.92 Å². The summed E-state index contributed by atoms with van der Waals surface area (Å²) in [6.07, 6.45) is 0.905. The molecule has 2 aromatic rings. The Hall–Kier alpha value is -3.19. The smallest absolute Gasteiger partial charge is 0.325 e. The number of nitrogens with one attached hydrogen (secondary N) is 1. The van der Waals surface area contributed by atoms with E-state index in [1.807, 2.05) is 61.5 Å². The molecule has 0 radical (unpaired) electrons. The van der Waals surface area contributed by atoms with Crippen LogP contribution in [-0.4, -0.2) is 51.4 Å². The van der Waals surface area contributed by atoms with Crippen LogP contribution in [0.25, 0.3) is 0 Å². The third-order valence-electron chi connectivity index (χ3n) is 6.38. The van der Waals surface area contributed by atoms with Crippen LogP contribution in [0.4, 0.5) is 4.79 Å². The molecule has 0 aromatic heterocycles. The molecule has 2 atom stereocenters. The van der Waals surface area contributed by atoms with Crippen LogP contribution < -0.4 is 5.32 Å². The highest BCUT2D eigenvalue weighted by atomic mass is 16.3. The second-order valence-corrected chi connectivity index (χ2v) is 8.99. The third-order valence-corrected chi connectivity index (χ3v) is 6.38. The summed E-state index contributed by atoms with van der Waals surface area (Å²) in [6.45, 7) is 3.66. The van der Waals surface area contributed by atoms with Gasteiger partial charge >= 0.3 is 6.03 Å². The molecule has 0 bridgehead atoms. The number of aliphatic hydroxyl groups excluding tert-OH is 1. The topological polar surface area (TPSA) is 89.9 Å². The third kappa shape index (κ3) is 4.53. The number of hydrogen-bond donors (Lipinski definition) is 2. The Labute approximate surface area is 188 Å². The summed E-state index contributed by atoms with van der Waals surface area (Å²) < 4.78 is 0. The average Bonchev–Trinajstić information content (AvgIpc) is 3.60. The van der Waals surface area contributed by atoms with Crippen LogP contribution in [0.1, 0.15) is 42.6 Å². The lowest BCUT2D eigenvalue weighted by Gasteiger charge is -2.27. The Morgan fingerprint density at radius 1 is 1.19 bits per heavy atom. The molecule has 1 saturated carbocycles. The lowest BCUT2D eigenvalue weighted by molar-refractivity contribution is -0.140. The second-order valence-electron chi connectivity index (χ2n) is 8.99. The highest BCUT2D eigenvalue weighted by Gasteiger charge is 2.56. The standard InChI is InChI=1S/C25H29N3O4/c1-17-7-6-10-19(13-17)21(29)15-27(14-18-8-4-3-5-9-18)22(30)16-28-23(31)25(2,20-11-12-20)26-24(28)32/h3-10,13,20-21,29H,11-12,14-16H2,1-2H3,(H,26,32)/t21-,25-/m1/s1. The monoisotopic (exact) mass is 435 g/mol. The molecular formula is C25H29N3O4. The summed E-state index contributed by atoms with van der Waals surface area (Å²) in [5.74, 6) is -0.607. The van der Waals surface area contributed by atoms with Gasteiger partial charge in [-0.15, -0.1) is 0 Å². The number of aliphatic hydroxyl groups is 1. The first kappa shape index (κ1) is 22.0. The highest BCUT2D eigenvalue weighted by Crippen LogP contribution is 2.42. The van der Waals surface area contributed by atoms with Gasteiger partial charge in [-0.05, 0) is 43.7 Å². The Morgan fingerprint density at radius 3 is 2.56 bits per heavy atom. The van der Waals surface area contributed by atoms with Gasteiger partial charge in [0.15, 0.2) is 0 Å². The SMILES string of the molecule is Cc1cccc([C@H](O)CN(Cc2ccccc2)C(=O)CN2C(=O)N[C@](C)(C3CC3)C2=O)c1. The summed E-state index contributed by atoms with van der Waals surface area (Å²) >= 11 is 0. The summed E-state index contributed by atoms with van der Waals surface area (Å²) in [5, 5.41) is 13.6. The molecular weight excluding hydrogens is 406 g/mol. The number of imide groups is 1. The molecule has 1 aliphatic heterocycles. The van der Waals surface area contributed by atoms with E-state index in [-0.39, 0.29) is 37.4 Å². The van der Waals surface area contributed by atoms with Gasteiger partial charge in [-0.2, -0.15) is 0 Å². The first-order chi connectivity index (χ1) is 15.3. The first-order valence-electron chi connectivity index (χ1n) is 11.0. The Morgan fingerprint density at radius 2 is 1.91 bits per heavy atom. The first-order valence-corrected chi connectivity index (χ1v) is 11.0. The molecule has 0 unspecified atom stereocenters. The van der Waals surface area contributed by atoms with E-state index in [9.17, 15) is 19.5 Å². The molecule has 7 nitrogen and oxygen atoms in total. The van der Waals surface area contributed by atoms with Crippen molar-refractivity contribution < 1.29 is 19.5 Å². The molecule has 2 fully saturated rings. The van der Waals surface area contributed by atoms with E-state index in [0.717, 1.165) is 28.9 Å². The Balaban J connectivity index is 1.51. The number of benzene rings is 2. The van der Waals surface area contributed by atoms with Crippen molar-refractivity contribution >= 4 is 17.8 Å². The van der Waals surface area contributed by atoms with E-state index < -0.39 is 17.7 Å². The molecule has 168 valence electrons. The molecule has 4 amide bonds. The van der Waals surface area contributed by atoms with Gasteiger partial charge < -0.3 is 15.3 Å². The molecule has 7 heteroatoms. The fourth-order valence-corrected chi connectivity index (χ4v) is 4.28. The Bertz CT molecular complexity index is 1020. The minimum absolute atomic E-state index is 0.0563. The molecule has 1 heterocycles. The van der Waals surface area contributed by atoms with Gasteiger partial charge in [0.05, 0.1) is 12.6 Å². The van der Waals surface area contributed by atoms with Crippen LogP contribution in [0.15, 0.2) is 54.6 Å². The number of urea groups is 1. The summed E-state index contributed by atoms with van der Waals surface area (Å²) in [4.78, 5) is 41.2. The fraction of sp³-hybridized carbons (Fsp3) is 0.400. The zero-order valence-corrected chi connectivity index (χ0v) is 18.5. The van der Waals surface area contributed by atoms with Crippen LogP contribution in [0, 0.1) is 12.8 Å². The van der Waals surface area contributed by atoms with E-state index in [1.165, 1.54) is 4.90 Å². The van der Waals surface area contributed by atoms with Gasteiger partial charge in [0.2, 0.25) is 5.91 Å². The summed E-state index contributed by atoms with van der Waals surface area (Å²) in [6, 6.07) is 16.4. The summed E-state index contributed by atoms with van der Waals surface area (Å²) in [5.41, 5.74) is 1.70. The van der Waals surface area contributed by atoms with Crippen LogP contribution >= 0.6 is 0 Å². The van der Waals surface area contributed by atoms with Crippen LogP contribution in [-0.2, 0) is 16.1 Å². The predicted octanol–water partition coefficient (Wildman–Crippen LogP) is 2.78. The molecule has 2 aliphatic rings. The van der Waals surface area contributed by atoms with Gasteiger partial charge in [-0.1, -0.05) is 60.2 Å². The number of aryl methyl sites for hydroxylation is 1. The fourth-order valence-electron chi connectivity index (χ4n) is 4.28. The minimum atomic E-state index is -0.928. The number of rotatable bonds is 8. The van der Waals surface area contributed by atoms with Crippen LogP contribution in [0.5, 0.6) is 0 Å². The van der Waals surface area contributed by atoms with Crippen molar-refractivity contribution in [3.63, 3.8) is 0 Å². The zero-order valence-electron chi connectivity index (χ0n) is 18.5. The molecule has 2 N–H and O–H groups in total. The van der Waals surface area contributed by atoms with Gasteiger partial charge in [0.25, 0.3) is 5.91 Å². The van der Waals surface area contributed by atoms with Crippen LogP contribution in [0.2, 0.25) is 0 Å². The van der Waals surface area contributed by atoms with Crippen molar-refractivity contribution in [2.45, 2.75) is 44.9 Å². The predicted molar refractivity (Wildman–Crippen MR) is 119 cm³/mol. The average molecular weight is 436 g/mol. The summed E-state index contributed by atoms with van der Waals surface area (Å²) in [7, 11) is 0. The molecule has 1 aliphatic carbocycles. The van der Waals surface area contributed by atoms with E-state index in [2.05, 4.69) is 5.32 Å². The van der Waals surface area contributed by atoms with E-state index in [0.29, 0.717) is 5.56 Å². The molecule has 0 spiro atoms. The van der Waals surface area contributed by atoms with Gasteiger partial charge in [-0.25, -0.2) is 4.79 Å². The van der Waals surface area contributed by atoms with Crippen molar-refractivity contribution in [3.05, 3.63) is 71.3 Å². The maximum atomic E-state index is 13.3. The van der Waals surface area contributed by atoms with Gasteiger partial charge in [0.1, 0.15) is 12.1 Å². The van der Waals surface area contributed by atoms with Crippen LogP contribution in [0.3, 0.4) is 0 Å². The number of carbonyl (C=O) groups is 3. The van der Waals surface area contributed by atoms with E-state index in [4.69, 9.17) is 0 Å². The minimum Gasteiger partial charge on any atom is -0.387 e. The molecule has 2 aromatic carbocycles. The number of carbonyl (C=O) groups excluding carboxylic acids is 3. The van der Waals surface area contributed by atoms with Gasteiger partial charge in [0, 0.05) is 6.54 Å². The quantitative estimate of drug-likeness (QED) is 0.624. The molecule has 1 saturated heterocycles. The number of nitrogens with zero attached hydrogens (tertiary/aromatic N) is 2. The zero-order chi connectivity index (χ0) is 22.9. The highest BCUT2D eigenvalue weighted by molar-refractivity contribution is 6.09. The second kappa shape index (κ2) is 8.74. The van der Waals surface area contributed by atoms with Crippen molar-refractivity contribution in [1.82, 2.24) is 15.1 Å². The van der Waals surface area contributed by atoms with Crippen molar-refractivity contribution in [2.24, 2.45) is 5.92 Å². The molecule has 4 rings (SSSR count). The number of hydrogen-bond acceptors (Lipinski definition) is 4. The van der Waals surface area contributed by atoms with E-state index >= 15 is 0 Å². The van der Waals surface area contributed by atoms with Gasteiger partial charge in [-0.3, -0.25) is 14.5 Å². The largest absolute Gasteiger partial charge is 0.387 e. The Kier molecular flexibility index (Phi) is 6.02. The van der Waals surface area contributed by atoms with Crippen molar-refractivity contribution in [3.8, 4) is 0 Å². The lowest BCUT2D eigenvalue weighted by atomic mass is 9.96. The lowest BCUT2D eigenvalue weighted by Crippen LogP contribution is -2.47. The maximum absolute atomic E-state index is 13.3. The van der Waals surface area contributed by atoms with Crippen molar-refractivity contribution in [2.75, 3.05) is 13.1 Å². The number of amides is 4. The normalized spacial score (nSPS) is 21.4.